The minimum Gasteiger partial charge on any atom is -0.373 e. The Balaban J connectivity index is 1.38. The normalized spacial score (nSPS) is 21.8. The second-order valence-corrected chi connectivity index (χ2v) is 8.76. The van der Waals surface area contributed by atoms with Gasteiger partial charge in [-0.15, -0.1) is 0 Å². The van der Waals surface area contributed by atoms with Gasteiger partial charge in [0.25, 0.3) is 0 Å². The van der Waals surface area contributed by atoms with Gasteiger partial charge >= 0.3 is 6.03 Å². The molecule has 10 heteroatoms. The largest absolute Gasteiger partial charge is 0.373 e. The van der Waals surface area contributed by atoms with Crippen molar-refractivity contribution in [1.82, 2.24) is 25.1 Å². The summed E-state index contributed by atoms with van der Waals surface area (Å²) in [5.41, 5.74) is 9.47. The van der Waals surface area contributed by atoms with Crippen molar-refractivity contribution in [3.8, 4) is 0 Å². The van der Waals surface area contributed by atoms with E-state index in [0.717, 1.165) is 51.3 Å². The van der Waals surface area contributed by atoms with Crippen LogP contribution in [-0.4, -0.2) is 70.2 Å². The Kier molecular flexibility index (Phi) is 5.58. The van der Waals surface area contributed by atoms with E-state index >= 15 is 0 Å². The third kappa shape index (κ3) is 3.96. The van der Waals surface area contributed by atoms with Crippen molar-refractivity contribution >= 4 is 23.4 Å². The number of piperidine rings is 1. The molecular formula is C22H30N8O2. The number of benzene rings is 1. The molecule has 0 radical (unpaired) electrons. The summed E-state index contributed by atoms with van der Waals surface area (Å²) in [4.78, 5) is 27.6. The van der Waals surface area contributed by atoms with Crippen molar-refractivity contribution in [3.05, 3.63) is 41.2 Å². The van der Waals surface area contributed by atoms with Gasteiger partial charge in [-0.05, 0) is 36.1 Å². The quantitative estimate of drug-likeness (QED) is 0.512. The van der Waals surface area contributed by atoms with Crippen LogP contribution in [-0.2, 0) is 13.1 Å². The number of fused-ring (bicyclic) bond motifs is 1. The topological polar surface area (TPSA) is 123 Å². The van der Waals surface area contributed by atoms with Gasteiger partial charge in [0.05, 0.1) is 12.2 Å². The van der Waals surface area contributed by atoms with E-state index in [4.69, 9.17) is 10.7 Å². The molecule has 5 rings (SSSR count). The van der Waals surface area contributed by atoms with Crippen molar-refractivity contribution in [2.75, 3.05) is 43.4 Å². The van der Waals surface area contributed by atoms with Crippen LogP contribution in [0.3, 0.4) is 0 Å². The average Bonchev–Trinajstić information content (AvgIpc) is 3.39. The number of aliphatic hydroxyl groups is 1. The number of amides is 2. The summed E-state index contributed by atoms with van der Waals surface area (Å²) in [6.45, 7) is 4.80. The molecule has 1 aromatic carbocycles. The fraction of sp³-hybridized carbons (Fsp3) is 0.500. The average molecular weight is 439 g/mol. The maximum atomic E-state index is 12.5. The van der Waals surface area contributed by atoms with Crippen LogP contribution in [0, 0.1) is 0 Å². The lowest BCUT2D eigenvalue weighted by Crippen LogP contribution is -2.49. The molecule has 32 heavy (non-hydrogen) atoms. The molecule has 170 valence electrons. The molecule has 1 unspecified atom stereocenters. The Bertz CT molecular complexity index is 1010. The maximum Gasteiger partial charge on any atom is 0.320 e. The van der Waals surface area contributed by atoms with Crippen LogP contribution < -0.4 is 21.3 Å². The molecule has 1 aromatic heterocycles. The van der Waals surface area contributed by atoms with E-state index in [-0.39, 0.29) is 12.1 Å². The van der Waals surface area contributed by atoms with Gasteiger partial charge in [0.15, 0.2) is 5.82 Å². The molecule has 0 bridgehead atoms. The molecule has 3 aliphatic heterocycles. The number of likely N-dealkylation sites (N-methyl/N-ethyl adjacent to an activating group) is 1. The van der Waals surface area contributed by atoms with E-state index in [0.29, 0.717) is 23.9 Å². The Morgan fingerprint density at radius 1 is 1.25 bits per heavy atom. The predicted molar refractivity (Wildman–Crippen MR) is 121 cm³/mol. The Labute approximate surface area is 187 Å². The number of urea groups is 1. The molecule has 0 saturated carbocycles. The zero-order valence-electron chi connectivity index (χ0n) is 18.3. The number of carbonyl (C=O) groups excluding carboxylic acids is 1. The van der Waals surface area contributed by atoms with E-state index < -0.39 is 6.23 Å². The van der Waals surface area contributed by atoms with Crippen molar-refractivity contribution in [3.63, 3.8) is 0 Å². The smallest absolute Gasteiger partial charge is 0.320 e. The van der Waals surface area contributed by atoms with Crippen LogP contribution >= 0.6 is 0 Å². The lowest BCUT2D eigenvalue weighted by molar-refractivity contribution is 0.175. The van der Waals surface area contributed by atoms with Gasteiger partial charge in [-0.2, -0.15) is 0 Å². The van der Waals surface area contributed by atoms with Gasteiger partial charge in [-0.25, -0.2) is 14.8 Å². The highest BCUT2D eigenvalue weighted by atomic mass is 16.3. The van der Waals surface area contributed by atoms with Crippen molar-refractivity contribution < 1.29 is 9.90 Å². The Morgan fingerprint density at radius 2 is 2.09 bits per heavy atom. The number of nitrogens with one attached hydrogen (secondary N) is 2. The highest BCUT2D eigenvalue weighted by Crippen LogP contribution is 2.28. The van der Waals surface area contributed by atoms with Crippen molar-refractivity contribution in [2.24, 2.45) is 5.73 Å². The summed E-state index contributed by atoms with van der Waals surface area (Å²) in [7, 11) is 1.85. The second kappa shape index (κ2) is 8.53. The van der Waals surface area contributed by atoms with Crippen LogP contribution in [0.25, 0.3) is 0 Å². The lowest BCUT2D eigenvalue weighted by Gasteiger charge is -2.38. The number of hydrogen-bond acceptors (Lipinski definition) is 8. The summed E-state index contributed by atoms with van der Waals surface area (Å²) in [6.07, 6.45) is 2.38. The van der Waals surface area contributed by atoms with Crippen molar-refractivity contribution in [2.45, 2.75) is 38.2 Å². The minimum atomic E-state index is -1.23. The maximum absolute atomic E-state index is 12.5. The lowest BCUT2D eigenvalue weighted by atomic mass is 10.0. The van der Waals surface area contributed by atoms with Gasteiger partial charge < -0.3 is 36.2 Å². The number of aliphatic hydroxyl groups excluding tert-OH is 1. The molecule has 2 amide bonds. The van der Waals surface area contributed by atoms with Crippen LogP contribution in [0.2, 0.25) is 0 Å². The Hall–Kier alpha value is -2.95. The molecular weight excluding hydrogens is 408 g/mol. The van der Waals surface area contributed by atoms with Gasteiger partial charge in [-0.1, -0.05) is 6.07 Å². The summed E-state index contributed by atoms with van der Waals surface area (Å²) < 4.78 is 0. The van der Waals surface area contributed by atoms with Gasteiger partial charge in [0.2, 0.25) is 0 Å². The third-order valence-electron chi connectivity index (χ3n) is 6.58. The molecule has 0 spiro atoms. The third-order valence-corrected chi connectivity index (χ3v) is 6.58. The highest BCUT2D eigenvalue weighted by molar-refractivity contribution is 5.76. The van der Waals surface area contributed by atoms with Crippen LogP contribution in [0.4, 0.5) is 22.1 Å². The molecule has 2 atom stereocenters. The second-order valence-electron chi connectivity index (χ2n) is 8.76. The molecule has 0 aliphatic carbocycles. The number of nitrogens with zero attached hydrogens (tertiary/aromatic N) is 5. The van der Waals surface area contributed by atoms with Crippen molar-refractivity contribution in [1.29, 1.82) is 0 Å². The summed E-state index contributed by atoms with van der Waals surface area (Å²) >= 11 is 0. The van der Waals surface area contributed by atoms with E-state index in [1.165, 1.54) is 11.1 Å². The number of hydrogen-bond donors (Lipinski definition) is 4. The van der Waals surface area contributed by atoms with Crippen LogP contribution in [0.5, 0.6) is 0 Å². The molecule has 4 heterocycles. The number of rotatable bonds is 5. The van der Waals surface area contributed by atoms with E-state index in [1.807, 2.05) is 18.0 Å². The van der Waals surface area contributed by atoms with Crippen LogP contribution in [0.1, 0.15) is 35.9 Å². The molecule has 5 N–H and O–H groups in total. The zero-order chi connectivity index (χ0) is 22.2. The van der Waals surface area contributed by atoms with E-state index in [9.17, 15) is 9.90 Å². The minimum absolute atomic E-state index is 0.0954. The fourth-order valence-corrected chi connectivity index (χ4v) is 4.78. The van der Waals surface area contributed by atoms with Gasteiger partial charge in [0, 0.05) is 52.0 Å². The van der Waals surface area contributed by atoms with Gasteiger partial charge in [0.1, 0.15) is 17.7 Å². The first kappa shape index (κ1) is 20.9. The number of aromatic nitrogens is 2. The fourth-order valence-electron chi connectivity index (χ4n) is 4.78. The van der Waals surface area contributed by atoms with Gasteiger partial charge in [-0.3, -0.25) is 0 Å². The van der Waals surface area contributed by atoms with Crippen LogP contribution in [0.15, 0.2) is 24.4 Å². The first-order valence-electron chi connectivity index (χ1n) is 11.2. The summed E-state index contributed by atoms with van der Waals surface area (Å²) in [5.74, 6) is 1.16. The molecule has 3 aliphatic rings. The molecule has 2 saturated heterocycles. The first-order valence-corrected chi connectivity index (χ1v) is 11.2. The zero-order valence-corrected chi connectivity index (χ0v) is 18.3. The molecule has 2 aromatic rings. The number of nitrogens with two attached hydrogens (primary N) is 1. The number of carbonyl (C=O) groups is 1. The highest BCUT2D eigenvalue weighted by Gasteiger charge is 2.34. The number of anilines is 3. The standard InChI is InChI=1S/C22H30N8O2/c1-28-7-8-30(22(28)32)17-3-2-6-29(13-17)18-12-25-19(20(23)31)21(27-18)26-16-5-4-14-10-24-11-15(14)9-16/h4-5,9,12,17,20,24,31H,2-3,6-8,10-11,13,23H2,1H3,(H,26,27)/t17-,20?/m1/s1. The monoisotopic (exact) mass is 438 g/mol. The molecule has 10 nitrogen and oxygen atoms in total. The SMILES string of the molecule is CN1CCN([C@@H]2CCCN(c3cnc(C(N)O)c(Nc4ccc5c(c4)CNC5)n3)C2)C1=O. The molecule has 2 fully saturated rings. The first-order chi connectivity index (χ1) is 15.5. The van der Waals surface area contributed by atoms with E-state index in [2.05, 4.69) is 32.7 Å². The summed E-state index contributed by atoms with van der Waals surface area (Å²) in [6, 6.07) is 6.43. The Morgan fingerprint density at radius 3 is 2.88 bits per heavy atom. The summed E-state index contributed by atoms with van der Waals surface area (Å²) in [5, 5.41) is 16.7. The van der Waals surface area contributed by atoms with E-state index in [1.54, 1.807) is 11.1 Å². The predicted octanol–water partition coefficient (Wildman–Crippen LogP) is 1.11.